The van der Waals surface area contributed by atoms with E-state index in [1.807, 2.05) is 11.8 Å². The van der Waals surface area contributed by atoms with Crippen LogP contribution in [0.2, 0.25) is 0 Å². The van der Waals surface area contributed by atoms with Gasteiger partial charge in [0.15, 0.2) is 0 Å². The second kappa shape index (κ2) is 6.57. The van der Waals surface area contributed by atoms with Crippen LogP contribution in [0.4, 0.5) is 10.1 Å². The molecule has 0 aliphatic rings. The molecular weight excluding hydrogens is 221 g/mol. The van der Waals surface area contributed by atoms with Gasteiger partial charge >= 0.3 is 0 Å². The fourth-order valence-corrected chi connectivity index (χ4v) is 1.89. The van der Waals surface area contributed by atoms with Gasteiger partial charge in [-0.2, -0.15) is 0 Å². The summed E-state index contributed by atoms with van der Waals surface area (Å²) in [6.07, 6.45) is -0.120. The third-order valence-corrected chi connectivity index (χ3v) is 2.75. The summed E-state index contributed by atoms with van der Waals surface area (Å²) in [7, 11) is 0. The number of aliphatic hydroxyl groups excluding tert-OH is 2. The average Bonchev–Trinajstić information content (AvgIpc) is 2.31. The fourth-order valence-electron chi connectivity index (χ4n) is 1.89. The number of rotatable bonds is 6. The summed E-state index contributed by atoms with van der Waals surface area (Å²) in [5.74, 6) is -0.330. The molecule has 0 heterocycles. The maximum Gasteiger partial charge on any atom is 0.146 e. The number of para-hydroxylation sites is 1. The van der Waals surface area contributed by atoms with Gasteiger partial charge in [0.25, 0.3) is 0 Å². The molecule has 0 amide bonds. The molecule has 0 spiro atoms. The third kappa shape index (κ3) is 3.41. The first-order valence-electron chi connectivity index (χ1n) is 5.94. The highest BCUT2D eigenvalue weighted by atomic mass is 19.1. The van der Waals surface area contributed by atoms with Crippen LogP contribution in [-0.4, -0.2) is 29.9 Å². The van der Waals surface area contributed by atoms with Gasteiger partial charge in [0, 0.05) is 25.3 Å². The van der Waals surface area contributed by atoms with Crippen molar-refractivity contribution in [3.05, 3.63) is 29.6 Å². The zero-order valence-electron chi connectivity index (χ0n) is 10.4. The molecule has 0 saturated heterocycles. The summed E-state index contributed by atoms with van der Waals surface area (Å²) < 4.78 is 13.9. The molecule has 1 atom stereocenters. The maximum atomic E-state index is 13.9. The Labute approximate surface area is 101 Å². The molecule has 0 aromatic heterocycles. The Morgan fingerprint density at radius 1 is 1.41 bits per heavy atom. The Balaban J connectivity index is 3.07. The van der Waals surface area contributed by atoms with Crippen molar-refractivity contribution in [1.29, 1.82) is 0 Å². The van der Waals surface area contributed by atoms with Gasteiger partial charge in [-0.3, -0.25) is 0 Å². The van der Waals surface area contributed by atoms with Crippen LogP contribution in [-0.2, 0) is 0 Å². The number of anilines is 1. The normalized spacial score (nSPS) is 12.5. The number of halogens is 1. The van der Waals surface area contributed by atoms with Crippen LogP contribution in [0.5, 0.6) is 0 Å². The minimum atomic E-state index is -0.705. The van der Waals surface area contributed by atoms with Gasteiger partial charge < -0.3 is 15.1 Å². The molecule has 0 aliphatic carbocycles. The van der Waals surface area contributed by atoms with E-state index in [1.165, 1.54) is 6.07 Å². The first-order chi connectivity index (χ1) is 8.11. The minimum Gasteiger partial charge on any atom is -0.396 e. The molecule has 0 fully saturated rings. The number of aliphatic hydroxyl groups is 2. The van der Waals surface area contributed by atoms with Crippen LogP contribution in [0.25, 0.3) is 0 Å². The van der Waals surface area contributed by atoms with Crippen molar-refractivity contribution in [3.63, 3.8) is 0 Å². The molecule has 3 nitrogen and oxygen atoms in total. The highest BCUT2D eigenvalue weighted by molar-refractivity contribution is 5.55. The van der Waals surface area contributed by atoms with Crippen molar-refractivity contribution in [1.82, 2.24) is 0 Å². The van der Waals surface area contributed by atoms with E-state index in [0.717, 1.165) is 0 Å². The van der Waals surface area contributed by atoms with Crippen LogP contribution in [0.3, 0.4) is 0 Å². The van der Waals surface area contributed by atoms with E-state index in [-0.39, 0.29) is 12.4 Å². The standard InChI is InChI=1S/C13H20FNO2/c1-3-15(8-5-9-16)13-11(10(2)17)6-4-7-12(13)14/h4,6-7,10,16-17H,3,5,8-9H2,1-2H3. The van der Waals surface area contributed by atoms with Crippen molar-refractivity contribution in [2.75, 3.05) is 24.6 Å². The van der Waals surface area contributed by atoms with Crippen molar-refractivity contribution in [2.45, 2.75) is 26.4 Å². The second-order valence-electron chi connectivity index (χ2n) is 4.01. The third-order valence-electron chi connectivity index (χ3n) is 2.75. The van der Waals surface area contributed by atoms with Gasteiger partial charge in [-0.15, -0.1) is 0 Å². The van der Waals surface area contributed by atoms with Crippen molar-refractivity contribution in [2.24, 2.45) is 0 Å². The minimum absolute atomic E-state index is 0.0783. The molecular formula is C13H20FNO2. The molecule has 1 rings (SSSR count). The molecule has 1 unspecified atom stereocenters. The van der Waals surface area contributed by atoms with Gasteiger partial charge in [0.1, 0.15) is 5.82 Å². The second-order valence-corrected chi connectivity index (χ2v) is 4.01. The number of nitrogens with zero attached hydrogens (tertiary/aromatic N) is 1. The molecule has 0 saturated carbocycles. The molecule has 0 radical (unpaired) electrons. The zero-order chi connectivity index (χ0) is 12.8. The topological polar surface area (TPSA) is 43.7 Å². The van der Waals surface area contributed by atoms with E-state index in [1.54, 1.807) is 19.1 Å². The van der Waals surface area contributed by atoms with E-state index >= 15 is 0 Å². The molecule has 4 heteroatoms. The van der Waals surface area contributed by atoms with Gasteiger partial charge in [-0.05, 0) is 26.3 Å². The highest BCUT2D eigenvalue weighted by Gasteiger charge is 2.17. The summed E-state index contributed by atoms with van der Waals surface area (Å²) in [6, 6.07) is 4.72. The number of hydrogen-bond donors (Lipinski definition) is 2. The summed E-state index contributed by atoms with van der Waals surface area (Å²) >= 11 is 0. The van der Waals surface area contributed by atoms with E-state index in [4.69, 9.17) is 5.11 Å². The van der Waals surface area contributed by atoms with E-state index < -0.39 is 6.10 Å². The lowest BCUT2D eigenvalue weighted by atomic mass is 10.1. The van der Waals surface area contributed by atoms with Crippen molar-refractivity contribution < 1.29 is 14.6 Å². The van der Waals surface area contributed by atoms with Gasteiger partial charge in [0.2, 0.25) is 0 Å². The Hall–Kier alpha value is -1.13. The van der Waals surface area contributed by atoms with Gasteiger partial charge in [0.05, 0.1) is 11.8 Å². The molecule has 96 valence electrons. The van der Waals surface area contributed by atoms with E-state index in [9.17, 15) is 9.50 Å². The summed E-state index contributed by atoms with van der Waals surface area (Å²) in [5.41, 5.74) is 1.03. The number of benzene rings is 1. The van der Waals surface area contributed by atoms with Crippen LogP contribution < -0.4 is 4.90 Å². The Morgan fingerprint density at radius 3 is 2.65 bits per heavy atom. The van der Waals surface area contributed by atoms with E-state index in [0.29, 0.717) is 30.8 Å². The van der Waals surface area contributed by atoms with Crippen LogP contribution in [0.15, 0.2) is 18.2 Å². The van der Waals surface area contributed by atoms with Crippen LogP contribution in [0.1, 0.15) is 31.9 Å². The van der Waals surface area contributed by atoms with Gasteiger partial charge in [-0.1, -0.05) is 12.1 Å². The van der Waals surface area contributed by atoms with Gasteiger partial charge in [-0.25, -0.2) is 4.39 Å². The molecule has 1 aromatic carbocycles. The smallest absolute Gasteiger partial charge is 0.146 e. The average molecular weight is 241 g/mol. The summed E-state index contributed by atoms with van der Waals surface area (Å²) in [5, 5.41) is 18.5. The predicted molar refractivity (Wildman–Crippen MR) is 66.6 cm³/mol. The van der Waals surface area contributed by atoms with Crippen molar-refractivity contribution >= 4 is 5.69 Å². The Morgan fingerprint density at radius 2 is 2.12 bits per heavy atom. The molecule has 0 aliphatic heterocycles. The Bertz CT molecular complexity index is 355. The lowest BCUT2D eigenvalue weighted by Gasteiger charge is -2.26. The quantitative estimate of drug-likeness (QED) is 0.801. The molecule has 2 N–H and O–H groups in total. The molecule has 0 bridgehead atoms. The summed E-state index contributed by atoms with van der Waals surface area (Å²) in [6.45, 7) is 4.84. The fraction of sp³-hybridized carbons (Fsp3) is 0.538. The monoisotopic (exact) mass is 241 g/mol. The predicted octanol–water partition coefficient (Wildman–Crippen LogP) is 2.09. The number of hydrogen-bond acceptors (Lipinski definition) is 3. The van der Waals surface area contributed by atoms with Crippen molar-refractivity contribution in [3.8, 4) is 0 Å². The molecule has 1 aromatic rings. The molecule has 17 heavy (non-hydrogen) atoms. The Kier molecular flexibility index (Phi) is 5.38. The highest BCUT2D eigenvalue weighted by Crippen LogP contribution is 2.29. The largest absolute Gasteiger partial charge is 0.396 e. The first-order valence-corrected chi connectivity index (χ1v) is 5.94. The van der Waals surface area contributed by atoms with E-state index in [2.05, 4.69) is 0 Å². The SMILES string of the molecule is CCN(CCCO)c1c(F)cccc1C(C)O. The van der Waals surface area contributed by atoms with Crippen LogP contribution in [0, 0.1) is 5.82 Å². The lowest BCUT2D eigenvalue weighted by Crippen LogP contribution is -2.27. The van der Waals surface area contributed by atoms with Crippen LogP contribution >= 0.6 is 0 Å². The summed E-state index contributed by atoms with van der Waals surface area (Å²) in [4.78, 5) is 1.84. The first kappa shape index (κ1) is 13.9. The zero-order valence-corrected chi connectivity index (χ0v) is 10.4. The maximum absolute atomic E-state index is 13.9. The lowest BCUT2D eigenvalue weighted by molar-refractivity contribution is 0.199.